The molecule has 0 amide bonds. The van der Waals surface area contributed by atoms with Crippen LogP contribution in [0.15, 0.2) is 23.2 Å². The molecule has 0 bridgehead atoms. The van der Waals surface area contributed by atoms with Gasteiger partial charge in [0.05, 0.1) is 0 Å². The van der Waals surface area contributed by atoms with Crippen molar-refractivity contribution in [2.75, 3.05) is 6.54 Å². The maximum atomic E-state index is 11.9. The number of pyridine rings is 1. The molecule has 6 heteroatoms. The smallest absolute Gasteiger partial charge is 0.243 e. The van der Waals surface area contributed by atoms with E-state index in [1.165, 1.54) is 12.3 Å². The average Bonchev–Trinajstić information content (AvgIpc) is 2.26. The third-order valence-electron chi connectivity index (χ3n) is 2.75. The molecule has 0 saturated heterocycles. The fraction of sp³-hybridized carbons (Fsp3) is 0.545. The van der Waals surface area contributed by atoms with E-state index in [1.54, 1.807) is 6.07 Å². The Bertz CT molecular complexity index is 474. The third kappa shape index (κ3) is 3.94. The quantitative estimate of drug-likeness (QED) is 0.840. The van der Waals surface area contributed by atoms with Crippen LogP contribution >= 0.6 is 11.6 Å². The van der Waals surface area contributed by atoms with Crippen LogP contribution in [0.2, 0.25) is 5.15 Å². The zero-order chi connectivity index (χ0) is 13.1. The first-order valence-corrected chi connectivity index (χ1v) is 7.31. The Kier molecular flexibility index (Phi) is 4.91. The molecule has 17 heavy (non-hydrogen) atoms. The van der Waals surface area contributed by atoms with Crippen molar-refractivity contribution < 1.29 is 8.42 Å². The van der Waals surface area contributed by atoms with Gasteiger partial charge in [-0.05, 0) is 24.0 Å². The Hall–Kier alpha value is -0.650. The first-order valence-electron chi connectivity index (χ1n) is 5.44. The van der Waals surface area contributed by atoms with Gasteiger partial charge >= 0.3 is 0 Å². The topological polar surface area (TPSA) is 59.1 Å². The molecular weight excluding hydrogens is 260 g/mol. The molecule has 0 spiro atoms. The summed E-state index contributed by atoms with van der Waals surface area (Å²) in [6, 6.07) is 2.99. The van der Waals surface area contributed by atoms with Gasteiger partial charge in [0, 0.05) is 12.7 Å². The van der Waals surface area contributed by atoms with E-state index in [2.05, 4.69) is 23.6 Å². The van der Waals surface area contributed by atoms with Gasteiger partial charge in [0.15, 0.2) is 0 Å². The summed E-state index contributed by atoms with van der Waals surface area (Å²) in [4.78, 5) is 3.78. The van der Waals surface area contributed by atoms with E-state index < -0.39 is 10.0 Å². The monoisotopic (exact) mass is 276 g/mol. The molecule has 4 nitrogen and oxygen atoms in total. The number of halogens is 1. The summed E-state index contributed by atoms with van der Waals surface area (Å²) in [7, 11) is -3.56. The number of hydrogen-bond donors (Lipinski definition) is 1. The molecule has 1 rings (SSSR count). The summed E-state index contributed by atoms with van der Waals surface area (Å²) in [6.07, 6.45) is 1.46. The number of rotatable bonds is 5. The first-order chi connectivity index (χ1) is 7.84. The van der Waals surface area contributed by atoms with Gasteiger partial charge in [0.1, 0.15) is 10.0 Å². The zero-order valence-corrected chi connectivity index (χ0v) is 11.7. The molecule has 0 saturated carbocycles. The molecule has 0 aromatic carbocycles. The van der Waals surface area contributed by atoms with Gasteiger partial charge in [-0.15, -0.1) is 0 Å². The van der Waals surface area contributed by atoms with Crippen molar-refractivity contribution in [2.24, 2.45) is 11.8 Å². The summed E-state index contributed by atoms with van der Waals surface area (Å²) in [5.74, 6) is 0.683. The third-order valence-corrected chi connectivity index (χ3v) is 4.62. The van der Waals surface area contributed by atoms with Crippen LogP contribution in [-0.4, -0.2) is 19.9 Å². The van der Waals surface area contributed by atoms with E-state index in [0.717, 1.165) is 0 Å². The fourth-order valence-electron chi connectivity index (χ4n) is 1.13. The standard InChI is InChI=1S/C11H17ClN2O2S/c1-8(2)9(3)7-14-17(15,16)10-5-4-6-13-11(10)12/h4-6,8-9,14H,7H2,1-3H3. The van der Waals surface area contributed by atoms with Crippen LogP contribution in [0.25, 0.3) is 0 Å². The van der Waals surface area contributed by atoms with E-state index >= 15 is 0 Å². The number of nitrogens with zero attached hydrogens (tertiary/aromatic N) is 1. The second-order valence-corrected chi connectivity index (χ2v) is 6.46. The zero-order valence-electron chi connectivity index (χ0n) is 10.1. The number of sulfonamides is 1. The summed E-state index contributed by atoms with van der Waals surface area (Å²) in [6.45, 7) is 6.50. The number of hydrogen-bond acceptors (Lipinski definition) is 3. The lowest BCUT2D eigenvalue weighted by Gasteiger charge is -2.16. The minimum atomic E-state index is -3.56. The molecule has 1 aromatic heterocycles. The fourth-order valence-corrected chi connectivity index (χ4v) is 2.72. The Labute approximate surface area is 107 Å². The van der Waals surface area contributed by atoms with E-state index in [0.29, 0.717) is 12.5 Å². The minimum absolute atomic E-state index is 0.00259. The van der Waals surface area contributed by atoms with Gasteiger partial charge in [-0.2, -0.15) is 0 Å². The van der Waals surface area contributed by atoms with Gasteiger partial charge < -0.3 is 0 Å². The summed E-state index contributed by atoms with van der Waals surface area (Å²) in [5.41, 5.74) is 0. The average molecular weight is 277 g/mol. The maximum Gasteiger partial charge on any atom is 0.243 e. The summed E-state index contributed by atoms with van der Waals surface area (Å²) < 4.78 is 26.4. The van der Waals surface area contributed by atoms with E-state index in [9.17, 15) is 8.42 Å². The van der Waals surface area contributed by atoms with Crippen molar-refractivity contribution in [1.82, 2.24) is 9.71 Å². The SMILES string of the molecule is CC(C)C(C)CNS(=O)(=O)c1cccnc1Cl. The molecule has 1 heterocycles. The lowest BCUT2D eigenvalue weighted by molar-refractivity contribution is 0.414. The molecule has 1 unspecified atom stereocenters. The Morgan fingerprint density at radius 2 is 2.06 bits per heavy atom. The van der Waals surface area contributed by atoms with Crippen molar-refractivity contribution in [2.45, 2.75) is 25.7 Å². The predicted molar refractivity (Wildman–Crippen MR) is 68.4 cm³/mol. The van der Waals surface area contributed by atoms with Gasteiger partial charge in [0.25, 0.3) is 0 Å². The maximum absolute atomic E-state index is 11.9. The highest BCUT2D eigenvalue weighted by Crippen LogP contribution is 2.18. The normalized spacial score (nSPS) is 13.9. The van der Waals surface area contributed by atoms with Crippen LogP contribution in [-0.2, 0) is 10.0 Å². The van der Waals surface area contributed by atoms with Crippen LogP contribution in [0, 0.1) is 11.8 Å². The molecule has 0 radical (unpaired) electrons. The highest BCUT2D eigenvalue weighted by atomic mass is 35.5. The van der Waals surface area contributed by atoms with Crippen molar-refractivity contribution in [1.29, 1.82) is 0 Å². The van der Waals surface area contributed by atoms with Crippen LogP contribution < -0.4 is 4.72 Å². The number of nitrogens with one attached hydrogen (secondary N) is 1. The van der Waals surface area contributed by atoms with Gasteiger partial charge in [-0.1, -0.05) is 32.4 Å². The van der Waals surface area contributed by atoms with Crippen LogP contribution in [0.1, 0.15) is 20.8 Å². The van der Waals surface area contributed by atoms with E-state index in [4.69, 9.17) is 11.6 Å². The molecule has 1 atom stereocenters. The lowest BCUT2D eigenvalue weighted by Crippen LogP contribution is -2.30. The van der Waals surface area contributed by atoms with Crippen molar-refractivity contribution in [3.63, 3.8) is 0 Å². The van der Waals surface area contributed by atoms with Crippen molar-refractivity contribution in [3.05, 3.63) is 23.5 Å². The second-order valence-electron chi connectivity index (χ2n) is 4.37. The highest BCUT2D eigenvalue weighted by molar-refractivity contribution is 7.89. The Balaban J connectivity index is 2.80. The van der Waals surface area contributed by atoms with Gasteiger partial charge in [-0.3, -0.25) is 0 Å². The van der Waals surface area contributed by atoms with Gasteiger partial charge in [0.2, 0.25) is 10.0 Å². The van der Waals surface area contributed by atoms with Crippen LogP contribution in [0.3, 0.4) is 0 Å². The molecule has 1 N–H and O–H groups in total. The Morgan fingerprint density at radius 3 is 2.59 bits per heavy atom. The lowest BCUT2D eigenvalue weighted by atomic mass is 9.99. The molecule has 0 aliphatic rings. The molecule has 0 aliphatic heterocycles. The molecule has 1 aromatic rings. The molecule has 96 valence electrons. The first kappa shape index (κ1) is 14.4. The highest BCUT2D eigenvalue weighted by Gasteiger charge is 2.19. The van der Waals surface area contributed by atoms with Gasteiger partial charge in [-0.25, -0.2) is 18.1 Å². The summed E-state index contributed by atoms with van der Waals surface area (Å²) >= 11 is 5.76. The second kappa shape index (κ2) is 5.80. The largest absolute Gasteiger partial charge is 0.243 e. The van der Waals surface area contributed by atoms with Crippen LogP contribution in [0.4, 0.5) is 0 Å². The summed E-state index contributed by atoms with van der Waals surface area (Å²) in [5, 5.41) is -0.00259. The predicted octanol–water partition coefficient (Wildman–Crippen LogP) is 2.31. The molecular formula is C11H17ClN2O2S. The van der Waals surface area contributed by atoms with Crippen molar-refractivity contribution >= 4 is 21.6 Å². The van der Waals surface area contributed by atoms with E-state index in [-0.39, 0.29) is 16.0 Å². The minimum Gasteiger partial charge on any atom is -0.243 e. The Morgan fingerprint density at radius 1 is 1.41 bits per heavy atom. The molecule has 0 fully saturated rings. The van der Waals surface area contributed by atoms with E-state index in [1.807, 2.05) is 6.92 Å². The molecule has 0 aliphatic carbocycles. The van der Waals surface area contributed by atoms with Crippen LogP contribution in [0.5, 0.6) is 0 Å². The van der Waals surface area contributed by atoms with Crippen molar-refractivity contribution in [3.8, 4) is 0 Å². The number of aromatic nitrogens is 1.